The third-order valence-corrected chi connectivity index (χ3v) is 9.66. The van der Waals surface area contributed by atoms with Crippen LogP contribution < -0.4 is 0 Å². The van der Waals surface area contributed by atoms with E-state index < -0.39 is 0 Å². The molecule has 1 fully saturated rings. The zero-order valence-corrected chi connectivity index (χ0v) is 26.2. The van der Waals surface area contributed by atoms with Gasteiger partial charge in [0.2, 0.25) is 0 Å². The standard InChI is InChI=1S/2C13H15.C6H10Si.Hf/c2*1-3-10-8-9-11(4-2)13-7-5-6-12(10)13;7-5-6-3-1-2-4-6;/h2*5-9H,3-4H2,1-2H3;5-6H,1-4H2;/q2*-1;;+2. The van der Waals surface area contributed by atoms with Crippen LogP contribution in [-0.4, -0.2) is 11.5 Å². The molecule has 34 heavy (non-hydrogen) atoms. The normalized spacial score (nSPS) is 13.2. The summed E-state index contributed by atoms with van der Waals surface area (Å²) in [6.45, 7) is 8.86. The van der Waals surface area contributed by atoms with Crippen LogP contribution in [0.4, 0.5) is 0 Å². The predicted molar refractivity (Wildman–Crippen MR) is 150 cm³/mol. The summed E-state index contributed by atoms with van der Waals surface area (Å²) < 4.78 is 0. The summed E-state index contributed by atoms with van der Waals surface area (Å²) in [6.07, 6.45) is 10.5. The molecule has 0 saturated heterocycles. The maximum absolute atomic E-state index is 2.55. The topological polar surface area (TPSA) is 0 Å². The maximum atomic E-state index is 2.55. The second kappa shape index (κ2) is 14.2. The molecule has 0 nitrogen and oxygen atoms in total. The van der Waals surface area contributed by atoms with Crippen LogP contribution in [0.3, 0.4) is 0 Å². The zero-order chi connectivity index (χ0) is 24.3. The van der Waals surface area contributed by atoms with Crippen LogP contribution in [0.2, 0.25) is 0 Å². The molecule has 0 N–H and O–H groups in total. The van der Waals surface area contributed by atoms with Gasteiger partial charge in [-0.3, -0.25) is 0 Å². The minimum absolute atomic E-state index is 1.03. The molecular formula is C32H40HfSi. The molecule has 0 bridgehead atoms. The molecule has 4 aromatic rings. The van der Waals surface area contributed by atoms with Gasteiger partial charge in [-0.25, -0.2) is 0 Å². The van der Waals surface area contributed by atoms with Crippen molar-refractivity contribution in [3.63, 3.8) is 0 Å². The van der Waals surface area contributed by atoms with E-state index in [1.807, 2.05) is 0 Å². The van der Waals surface area contributed by atoms with Crippen LogP contribution in [0, 0.1) is 5.92 Å². The van der Waals surface area contributed by atoms with Gasteiger partial charge < -0.3 is 0 Å². The SMILES string of the molecule is CCc1ccc(CC)c2[cH-]ccc12.CCc1ccc(CC)c2[cH-]ccc12.[Hf+2]=[Si]=CC1CCCC1. The number of rotatable bonds is 5. The average Bonchev–Trinajstić information content (AvgIpc) is 3.65. The van der Waals surface area contributed by atoms with E-state index in [0.29, 0.717) is 0 Å². The van der Waals surface area contributed by atoms with Gasteiger partial charge in [-0.1, -0.05) is 63.8 Å². The van der Waals surface area contributed by atoms with Crippen molar-refractivity contribution in [2.75, 3.05) is 0 Å². The van der Waals surface area contributed by atoms with Crippen molar-refractivity contribution in [1.29, 1.82) is 0 Å². The summed E-state index contributed by atoms with van der Waals surface area (Å²) in [6, 6.07) is 22.3. The third-order valence-electron chi connectivity index (χ3n) is 7.23. The van der Waals surface area contributed by atoms with E-state index in [1.165, 1.54) is 98.3 Å². The van der Waals surface area contributed by atoms with Gasteiger partial charge in [-0.15, -0.1) is 56.9 Å². The summed E-state index contributed by atoms with van der Waals surface area (Å²) in [5.41, 5.74) is 8.43. The number of hydrogen-bond acceptors (Lipinski definition) is 0. The fraction of sp³-hybridized carbons (Fsp3) is 0.406. The first-order chi connectivity index (χ1) is 16.7. The summed E-state index contributed by atoms with van der Waals surface area (Å²) in [5.74, 6) is 2.24. The predicted octanol–water partition coefficient (Wildman–Crippen LogP) is 8.51. The summed E-state index contributed by atoms with van der Waals surface area (Å²) in [5, 5.41) is 5.78. The molecule has 0 heterocycles. The Morgan fingerprint density at radius 2 is 1.12 bits per heavy atom. The van der Waals surface area contributed by atoms with Crippen molar-refractivity contribution < 1.29 is 23.0 Å². The third kappa shape index (κ3) is 6.85. The van der Waals surface area contributed by atoms with Gasteiger partial charge in [0.25, 0.3) is 0 Å². The Morgan fingerprint density at radius 3 is 1.50 bits per heavy atom. The van der Waals surface area contributed by atoms with Crippen molar-refractivity contribution >= 4 is 33.0 Å². The molecule has 0 spiro atoms. The van der Waals surface area contributed by atoms with E-state index in [0.717, 1.165) is 31.6 Å². The van der Waals surface area contributed by atoms with Crippen LogP contribution in [0.15, 0.2) is 60.7 Å². The molecule has 4 aromatic carbocycles. The van der Waals surface area contributed by atoms with Crippen LogP contribution in [0.25, 0.3) is 21.5 Å². The number of benzene rings is 2. The Bertz CT molecular complexity index is 1050. The van der Waals surface area contributed by atoms with Gasteiger partial charge in [0.15, 0.2) is 0 Å². The molecule has 2 heteroatoms. The first-order valence-electron chi connectivity index (χ1n) is 13.2. The van der Waals surface area contributed by atoms with Crippen molar-refractivity contribution in [2.24, 2.45) is 5.92 Å². The number of aryl methyl sites for hydroxylation is 4. The number of hydrogen-bond donors (Lipinski definition) is 0. The molecule has 0 amide bonds. The van der Waals surface area contributed by atoms with E-state index in [4.69, 9.17) is 0 Å². The average molecular weight is 631 g/mol. The Kier molecular flexibility index (Phi) is 11.4. The summed E-state index contributed by atoms with van der Waals surface area (Å²) in [4.78, 5) is 0. The molecule has 1 aliphatic rings. The summed E-state index contributed by atoms with van der Waals surface area (Å²) >= 11 is 1.40. The Hall–Kier alpha value is -1.38. The van der Waals surface area contributed by atoms with Crippen molar-refractivity contribution in [3.05, 3.63) is 82.9 Å². The molecule has 0 aromatic heterocycles. The zero-order valence-electron chi connectivity index (χ0n) is 21.6. The van der Waals surface area contributed by atoms with E-state index in [9.17, 15) is 0 Å². The molecule has 1 saturated carbocycles. The van der Waals surface area contributed by atoms with Gasteiger partial charge in [0.05, 0.1) is 0 Å². The van der Waals surface area contributed by atoms with Crippen molar-refractivity contribution in [2.45, 2.75) is 79.1 Å². The first-order valence-corrected chi connectivity index (χ1v) is 19.7. The van der Waals surface area contributed by atoms with Gasteiger partial charge in [-0.05, 0) is 12.8 Å². The van der Waals surface area contributed by atoms with E-state index in [2.05, 4.69) is 94.0 Å². The molecule has 0 unspecified atom stereocenters. The van der Waals surface area contributed by atoms with Crippen molar-refractivity contribution in [1.82, 2.24) is 0 Å². The van der Waals surface area contributed by atoms with E-state index in [1.54, 1.807) is 0 Å². The Balaban J connectivity index is 0.000000148. The second-order valence-corrected chi connectivity index (χ2v) is 13.0. The molecule has 0 aliphatic heterocycles. The summed E-state index contributed by atoms with van der Waals surface area (Å²) in [7, 11) is 0. The van der Waals surface area contributed by atoms with Crippen LogP contribution in [0.5, 0.6) is 0 Å². The van der Waals surface area contributed by atoms with Crippen LogP contribution >= 0.6 is 0 Å². The van der Waals surface area contributed by atoms with Crippen LogP contribution in [0.1, 0.15) is 75.6 Å². The Labute approximate surface area is 222 Å². The fourth-order valence-electron chi connectivity index (χ4n) is 5.20. The minimum atomic E-state index is 1.03. The van der Waals surface area contributed by atoms with Crippen molar-refractivity contribution in [3.8, 4) is 0 Å². The number of fused-ring (bicyclic) bond motifs is 2. The van der Waals surface area contributed by atoms with E-state index in [-0.39, 0.29) is 0 Å². The quantitative estimate of drug-likeness (QED) is 0.153. The van der Waals surface area contributed by atoms with Gasteiger partial charge in [0, 0.05) is 0 Å². The molecule has 176 valence electrons. The molecule has 1 aliphatic carbocycles. The molecular weight excluding hydrogens is 591 g/mol. The molecule has 0 atom stereocenters. The van der Waals surface area contributed by atoms with E-state index >= 15 is 0 Å². The van der Waals surface area contributed by atoms with Gasteiger partial charge in [0.1, 0.15) is 0 Å². The first kappa shape index (κ1) is 27.2. The fourth-order valence-corrected chi connectivity index (χ4v) is 8.31. The molecule has 0 radical (unpaired) electrons. The van der Waals surface area contributed by atoms with Crippen LogP contribution in [-0.2, 0) is 48.7 Å². The molecule has 5 rings (SSSR count). The Morgan fingerprint density at radius 1 is 0.706 bits per heavy atom. The van der Waals surface area contributed by atoms with Gasteiger partial charge in [-0.2, -0.15) is 24.3 Å². The monoisotopic (exact) mass is 632 g/mol. The second-order valence-electron chi connectivity index (χ2n) is 9.24. The van der Waals surface area contributed by atoms with Gasteiger partial charge >= 0.3 is 66.1 Å².